The quantitative estimate of drug-likeness (QED) is 0.179. The molecule has 0 saturated carbocycles. The Morgan fingerprint density at radius 1 is 0.614 bits per heavy atom. The molecule has 44 heavy (non-hydrogen) atoms. The molecule has 214 valence electrons. The van der Waals surface area contributed by atoms with Crippen molar-refractivity contribution in [1.82, 2.24) is 14.5 Å². The van der Waals surface area contributed by atoms with Gasteiger partial charge in [-0.2, -0.15) is 0 Å². The number of hydrogen-bond donors (Lipinski definition) is 0. The molecule has 0 saturated heterocycles. The van der Waals surface area contributed by atoms with Gasteiger partial charge in [-0.15, -0.1) is 0 Å². The average Bonchev–Trinajstić information content (AvgIpc) is 3.47. The fraction of sp³-hybridized carbons (Fsp3) is 0.0270. The summed E-state index contributed by atoms with van der Waals surface area (Å²) in [5.41, 5.74) is 6.42. The molecule has 7 rings (SSSR count). The maximum atomic E-state index is 6.39. The van der Waals surface area contributed by atoms with Gasteiger partial charge in [0, 0.05) is 44.0 Å². The first-order valence-corrected chi connectivity index (χ1v) is 14.7. The first-order chi connectivity index (χ1) is 21.6. The van der Waals surface area contributed by atoms with Crippen LogP contribution in [0.2, 0.25) is 10.0 Å². The van der Waals surface area contributed by atoms with Gasteiger partial charge in [-0.3, -0.25) is 9.55 Å². The number of nitrogens with zero attached hydrogens (tertiary/aromatic N) is 3. The Balaban J connectivity index is 1.41. The third kappa shape index (κ3) is 5.28. The number of pyridine rings is 1. The number of methoxy groups -OCH3 is 1. The molecule has 5 aromatic carbocycles. The van der Waals surface area contributed by atoms with Crippen molar-refractivity contribution in [1.29, 1.82) is 0 Å². The van der Waals surface area contributed by atoms with Crippen molar-refractivity contribution in [3.63, 3.8) is 0 Å². The van der Waals surface area contributed by atoms with Gasteiger partial charge in [0.2, 0.25) is 0 Å². The molecule has 2 heterocycles. The Hall–Kier alpha value is -5.10. The molecule has 0 atom stereocenters. The molecule has 0 unspecified atom stereocenters. The van der Waals surface area contributed by atoms with Crippen LogP contribution in [0.15, 0.2) is 134 Å². The normalized spacial score (nSPS) is 11.1. The predicted molar refractivity (Wildman–Crippen MR) is 178 cm³/mol. The lowest BCUT2D eigenvalue weighted by Crippen LogP contribution is -2.01. The zero-order valence-electron chi connectivity index (χ0n) is 23.6. The van der Waals surface area contributed by atoms with Gasteiger partial charge >= 0.3 is 0 Å². The SMILES string of the molecule is COc1cc(-c2nc(-c3ccccc3)c(-c3ccccc3)n2-c2ccc(Cl)cc2)ccc1Oc1ccnc2cc(Cl)ccc12. The molecule has 0 amide bonds. The second-order valence-corrected chi connectivity index (χ2v) is 11.0. The van der Waals surface area contributed by atoms with E-state index in [4.69, 9.17) is 37.7 Å². The van der Waals surface area contributed by atoms with E-state index in [2.05, 4.69) is 33.8 Å². The van der Waals surface area contributed by atoms with Gasteiger partial charge in [-0.25, -0.2) is 4.98 Å². The minimum Gasteiger partial charge on any atom is -0.493 e. The number of aromatic nitrogens is 3. The van der Waals surface area contributed by atoms with E-state index in [1.54, 1.807) is 13.3 Å². The highest BCUT2D eigenvalue weighted by atomic mass is 35.5. The van der Waals surface area contributed by atoms with Crippen LogP contribution in [0, 0.1) is 0 Å². The largest absolute Gasteiger partial charge is 0.493 e. The number of ether oxygens (including phenoxy) is 2. The zero-order valence-corrected chi connectivity index (χ0v) is 25.1. The van der Waals surface area contributed by atoms with Gasteiger partial charge in [0.1, 0.15) is 11.6 Å². The first kappa shape index (κ1) is 27.7. The van der Waals surface area contributed by atoms with Gasteiger partial charge in [0.25, 0.3) is 0 Å². The van der Waals surface area contributed by atoms with Gasteiger partial charge in [-0.1, -0.05) is 83.9 Å². The van der Waals surface area contributed by atoms with Crippen LogP contribution in [-0.4, -0.2) is 21.6 Å². The van der Waals surface area contributed by atoms with Crippen molar-refractivity contribution in [3.05, 3.63) is 144 Å². The number of benzene rings is 5. The van der Waals surface area contributed by atoms with E-state index >= 15 is 0 Å². The molecule has 0 aliphatic carbocycles. The van der Waals surface area contributed by atoms with Crippen LogP contribution in [0.25, 0.3) is 50.5 Å². The summed E-state index contributed by atoms with van der Waals surface area (Å²) in [5.74, 6) is 2.53. The van der Waals surface area contributed by atoms with E-state index in [1.807, 2.05) is 103 Å². The van der Waals surface area contributed by atoms with Crippen molar-refractivity contribution in [2.24, 2.45) is 0 Å². The maximum absolute atomic E-state index is 6.39. The molecule has 7 aromatic rings. The van der Waals surface area contributed by atoms with Gasteiger partial charge in [0.15, 0.2) is 11.5 Å². The lowest BCUT2D eigenvalue weighted by molar-refractivity contribution is 0.380. The fourth-order valence-corrected chi connectivity index (χ4v) is 5.60. The minimum atomic E-state index is 0.564. The number of halogens is 2. The molecule has 0 radical (unpaired) electrons. The molecule has 7 heteroatoms. The molecule has 0 aliphatic heterocycles. The summed E-state index contributed by atoms with van der Waals surface area (Å²) in [6, 6.07) is 41.5. The molecule has 0 spiro atoms. The van der Waals surface area contributed by atoms with Crippen molar-refractivity contribution < 1.29 is 9.47 Å². The number of fused-ring (bicyclic) bond motifs is 1. The molecule has 2 aromatic heterocycles. The Kier molecular flexibility index (Phi) is 7.49. The number of rotatable bonds is 7. The van der Waals surface area contributed by atoms with Crippen LogP contribution in [0.4, 0.5) is 0 Å². The summed E-state index contributed by atoms with van der Waals surface area (Å²) in [6.45, 7) is 0. The Morgan fingerprint density at radius 2 is 1.32 bits per heavy atom. The van der Waals surface area contributed by atoms with Crippen LogP contribution < -0.4 is 9.47 Å². The van der Waals surface area contributed by atoms with E-state index in [9.17, 15) is 0 Å². The summed E-state index contributed by atoms with van der Waals surface area (Å²) < 4.78 is 14.4. The second-order valence-electron chi connectivity index (χ2n) is 10.1. The highest BCUT2D eigenvalue weighted by Gasteiger charge is 2.23. The third-order valence-electron chi connectivity index (χ3n) is 7.36. The number of imidazole rings is 1. The molecule has 5 nitrogen and oxygen atoms in total. The number of hydrogen-bond acceptors (Lipinski definition) is 4. The summed E-state index contributed by atoms with van der Waals surface area (Å²) in [7, 11) is 1.63. The minimum absolute atomic E-state index is 0.564. The van der Waals surface area contributed by atoms with Crippen LogP contribution in [-0.2, 0) is 0 Å². The fourth-order valence-electron chi connectivity index (χ4n) is 5.31. The molecule has 0 N–H and O–H groups in total. The van der Waals surface area contributed by atoms with E-state index < -0.39 is 0 Å². The lowest BCUT2D eigenvalue weighted by Gasteiger charge is -2.16. The van der Waals surface area contributed by atoms with Crippen molar-refractivity contribution in [3.8, 4) is 56.8 Å². The second kappa shape index (κ2) is 11.9. The Morgan fingerprint density at radius 3 is 2.05 bits per heavy atom. The standard InChI is InChI=1S/C37H25Cl2N3O2/c1-43-34-22-26(12-19-33(34)44-32-20-21-40-31-23-28(39)15-18-30(31)32)37-41-35(24-8-4-2-5-9-24)36(25-10-6-3-7-11-25)42(37)29-16-13-27(38)14-17-29/h2-23H,1H3. The summed E-state index contributed by atoms with van der Waals surface area (Å²) in [5, 5.41) is 2.13. The van der Waals surface area contributed by atoms with Gasteiger partial charge in [-0.05, 0) is 66.7 Å². The maximum Gasteiger partial charge on any atom is 0.169 e. The van der Waals surface area contributed by atoms with Gasteiger partial charge in [0.05, 0.1) is 24.0 Å². The van der Waals surface area contributed by atoms with E-state index in [-0.39, 0.29) is 0 Å². The van der Waals surface area contributed by atoms with Crippen molar-refractivity contribution in [2.45, 2.75) is 0 Å². The van der Waals surface area contributed by atoms with Crippen LogP contribution in [0.5, 0.6) is 17.2 Å². The lowest BCUT2D eigenvalue weighted by atomic mass is 10.0. The summed E-state index contributed by atoms with van der Waals surface area (Å²) in [6.07, 6.45) is 1.70. The topological polar surface area (TPSA) is 49.2 Å². The highest BCUT2D eigenvalue weighted by molar-refractivity contribution is 6.31. The van der Waals surface area contributed by atoms with Gasteiger partial charge < -0.3 is 9.47 Å². The molecular formula is C37H25Cl2N3O2. The van der Waals surface area contributed by atoms with Crippen LogP contribution >= 0.6 is 23.2 Å². The van der Waals surface area contributed by atoms with Crippen molar-refractivity contribution in [2.75, 3.05) is 7.11 Å². The summed E-state index contributed by atoms with van der Waals surface area (Å²) in [4.78, 5) is 9.71. The van der Waals surface area contributed by atoms with Crippen molar-refractivity contribution >= 4 is 34.1 Å². The van der Waals surface area contributed by atoms with Crippen LogP contribution in [0.1, 0.15) is 0 Å². The molecule has 0 aliphatic rings. The van der Waals surface area contributed by atoms with Crippen LogP contribution in [0.3, 0.4) is 0 Å². The Labute approximate surface area is 264 Å². The molecular weight excluding hydrogens is 589 g/mol. The van der Waals surface area contributed by atoms with E-state index in [0.29, 0.717) is 27.3 Å². The zero-order chi connectivity index (χ0) is 30.0. The average molecular weight is 615 g/mol. The third-order valence-corrected chi connectivity index (χ3v) is 7.85. The smallest absolute Gasteiger partial charge is 0.169 e. The molecule has 0 fully saturated rings. The van der Waals surface area contributed by atoms with E-state index in [1.165, 1.54) is 0 Å². The predicted octanol–water partition coefficient (Wildman–Crippen LogP) is 10.5. The molecule has 0 bridgehead atoms. The van der Waals surface area contributed by atoms with E-state index in [0.717, 1.165) is 50.5 Å². The monoisotopic (exact) mass is 613 g/mol. The highest BCUT2D eigenvalue weighted by Crippen LogP contribution is 2.42. The first-order valence-electron chi connectivity index (χ1n) is 14.0. The summed E-state index contributed by atoms with van der Waals surface area (Å²) >= 11 is 12.5. The Bertz CT molecular complexity index is 2090.